The van der Waals surface area contributed by atoms with E-state index in [0.717, 1.165) is 16.9 Å². The Labute approximate surface area is 157 Å². The molecule has 7 heteroatoms. The standard InChI is InChI=1S/C20H21N5O2/c1-27-18-7-3-2-6-16(18)8-10-22-20(26)17-11-19(25-14-24-17)23-13-15-5-4-9-21-12-15/h2-7,9,11-12,14H,8,10,13H2,1H3,(H,22,26)(H,23,24,25). The first-order valence-electron chi connectivity index (χ1n) is 8.61. The highest BCUT2D eigenvalue weighted by Crippen LogP contribution is 2.17. The Morgan fingerprint density at radius 3 is 2.85 bits per heavy atom. The smallest absolute Gasteiger partial charge is 0.270 e. The number of hydrogen-bond acceptors (Lipinski definition) is 6. The van der Waals surface area contributed by atoms with Gasteiger partial charge in [-0.15, -0.1) is 0 Å². The second kappa shape index (κ2) is 9.28. The van der Waals surface area contributed by atoms with E-state index in [0.29, 0.717) is 31.0 Å². The number of carbonyl (C=O) groups excluding carboxylic acids is 1. The highest BCUT2D eigenvalue weighted by Gasteiger charge is 2.09. The van der Waals surface area contributed by atoms with E-state index in [4.69, 9.17) is 4.74 Å². The molecule has 0 aliphatic carbocycles. The Balaban J connectivity index is 1.54. The average molecular weight is 363 g/mol. The molecule has 0 atom stereocenters. The monoisotopic (exact) mass is 363 g/mol. The van der Waals surface area contributed by atoms with Crippen molar-refractivity contribution >= 4 is 11.7 Å². The third-order valence-electron chi connectivity index (χ3n) is 3.97. The predicted octanol–water partition coefficient (Wildman–Crippen LogP) is 2.46. The topological polar surface area (TPSA) is 89.0 Å². The van der Waals surface area contributed by atoms with Gasteiger partial charge in [0.1, 0.15) is 23.6 Å². The number of pyridine rings is 1. The molecule has 0 fully saturated rings. The van der Waals surface area contributed by atoms with Gasteiger partial charge in [-0.05, 0) is 29.7 Å². The Hall–Kier alpha value is -3.48. The minimum absolute atomic E-state index is 0.239. The van der Waals surface area contributed by atoms with Crippen molar-refractivity contribution < 1.29 is 9.53 Å². The molecule has 0 spiro atoms. The number of benzene rings is 1. The zero-order valence-corrected chi connectivity index (χ0v) is 15.1. The molecule has 0 aliphatic heterocycles. The van der Waals surface area contributed by atoms with E-state index in [9.17, 15) is 4.79 Å². The van der Waals surface area contributed by atoms with Crippen molar-refractivity contribution in [2.24, 2.45) is 0 Å². The van der Waals surface area contributed by atoms with Crippen molar-refractivity contribution in [2.45, 2.75) is 13.0 Å². The van der Waals surface area contributed by atoms with E-state index in [1.165, 1.54) is 6.33 Å². The van der Waals surface area contributed by atoms with Crippen LogP contribution < -0.4 is 15.4 Å². The molecular weight excluding hydrogens is 342 g/mol. The molecule has 0 saturated carbocycles. The fourth-order valence-electron chi connectivity index (χ4n) is 2.58. The zero-order chi connectivity index (χ0) is 18.9. The Kier molecular flexibility index (Phi) is 6.30. The molecule has 3 aromatic rings. The van der Waals surface area contributed by atoms with E-state index in [-0.39, 0.29) is 5.91 Å². The molecule has 2 N–H and O–H groups in total. The SMILES string of the molecule is COc1ccccc1CCNC(=O)c1cc(NCc2cccnc2)ncn1. The molecule has 2 aromatic heterocycles. The van der Waals surface area contributed by atoms with Crippen molar-refractivity contribution in [3.05, 3.63) is 78.0 Å². The number of hydrogen-bond donors (Lipinski definition) is 2. The molecule has 0 saturated heterocycles. The molecule has 0 unspecified atom stereocenters. The summed E-state index contributed by atoms with van der Waals surface area (Å²) in [4.78, 5) is 24.6. The Morgan fingerprint density at radius 2 is 2.04 bits per heavy atom. The van der Waals surface area contributed by atoms with Crippen LogP contribution in [0.5, 0.6) is 5.75 Å². The fourth-order valence-corrected chi connectivity index (χ4v) is 2.58. The van der Waals surface area contributed by atoms with Gasteiger partial charge in [0.2, 0.25) is 0 Å². The van der Waals surface area contributed by atoms with Crippen LogP contribution in [0.25, 0.3) is 0 Å². The van der Waals surface area contributed by atoms with Crippen LogP contribution in [0.1, 0.15) is 21.6 Å². The number of rotatable bonds is 8. The van der Waals surface area contributed by atoms with E-state index in [2.05, 4.69) is 25.6 Å². The zero-order valence-electron chi connectivity index (χ0n) is 15.1. The Morgan fingerprint density at radius 1 is 1.15 bits per heavy atom. The summed E-state index contributed by atoms with van der Waals surface area (Å²) >= 11 is 0. The summed E-state index contributed by atoms with van der Waals surface area (Å²) in [6, 6.07) is 13.2. The van der Waals surface area contributed by atoms with E-state index in [1.54, 1.807) is 25.6 Å². The van der Waals surface area contributed by atoms with Gasteiger partial charge in [0.05, 0.1) is 7.11 Å². The first-order valence-corrected chi connectivity index (χ1v) is 8.61. The van der Waals surface area contributed by atoms with Gasteiger partial charge in [0, 0.05) is 31.5 Å². The van der Waals surface area contributed by atoms with Crippen molar-refractivity contribution in [1.82, 2.24) is 20.3 Å². The van der Waals surface area contributed by atoms with Crippen LogP contribution in [0.2, 0.25) is 0 Å². The summed E-state index contributed by atoms with van der Waals surface area (Å²) in [6.45, 7) is 1.06. The second-order valence-electron chi connectivity index (χ2n) is 5.82. The van der Waals surface area contributed by atoms with Gasteiger partial charge in [0.25, 0.3) is 5.91 Å². The third-order valence-corrected chi connectivity index (χ3v) is 3.97. The van der Waals surface area contributed by atoms with Crippen molar-refractivity contribution in [2.75, 3.05) is 19.0 Å². The maximum Gasteiger partial charge on any atom is 0.270 e. The summed E-state index contributed by atoms with van der Waals surface area (Å²) in [6.07, 6.45) is 5.55. The summed E-state index contributed by atoms with van der Waals surface area (Å²) in [5.74, 6) is 1.16. The molecule has 0 aliphatic rings. The van der Waals surface area contributed by atoms with Crippen molar-refractivity contribution in [3.8, 4) is 5.75 Å². The normalized spacial score (nSPS) is 10.3. The summed E-state index contributed by atoms with van der Waals surface area (Å²) in [5.41, 5.74) is 2.39. The number of nitrogens with one attached hydrogen (secondary N) is 2. The maximum absolute atomic E-state index is 12.3. The maximum atomic E-state index is 12.3. The molecule has 1 amide bonds. The first kappa shape index (κ1) is 18.3. The molecule has 27 heavy (non-hydrogen) atoms. The molecular formula is C20H21N5O2. The van der Waals surface area contributed by atoms with E-state index in [1.807, 2.05) is 36.4 Å². The van der Waals surface area contributed by atoms with Crippen molar-refractivity contribution in [3.63, 3.8) is 0 Å². The minimum Gasteiger partial charge on any atom is -0.496 e. The number of carbonyl (C=O) groups is 1. The quantitative estimate of drug-likeness (QED) is 0.639. The number of aromatic nitrogens is 3. The van der Waals surface area contributed by atoms with Gasteiger partial charge in [-0.3, -0.25) is 9.78 Å². The average Bonchev–Trinajstić information content (AvgIpc) is 2.73. The minimum atomic E-state index is -0.239. The number of ether oxygens (including phenoxy) is 1. The lowest BCUT2D eigenvalue weighted by Gasteiger charge is -2.09. The van der Waals surface area contributed by atoms with Gasteiger partial charge < -0.3 is 15.4 Å². The number of amides is 1. The van der Waals surface area contributed by atoms with Crippen LogP contribution in [0.4, 0.5) is 5.82 Å². The molecule has 2 heterocycles. The van der Waals surface area contributed by atoms with Crippen LogP contribution in [0, 0.1) is 0 Å². The van der Waals surface area contributed by atoms with Crippen molar-refractivity contribution in [1.29, 1.82) is 0 Å². The van der Waals surface area contributed by atoms with Crippen LogP contribution in [-0.2, 0) is 13.0 Å². The number of para-hydroxylation sites is 1. The number of nitrogens with zero attached hydrogens (tertiary/aromatic N) is 3. The largest absolute Gasteiger partial charge is 0.496 e. The molecule has 138 valence electrons. The molecule has 7 nitrogen and oxygen atoms in total. The molecule has 3 rings (SSSR count). The summed E-state index contributed by atoms with van der Waals surface area (Å²) in [7, 11) is 1.64. The molecule has 0 radical (unpaired) electrons. The van der Waals surface area contributed by atoms with Gasteiger partial charge in [-0.25, -0.2) is 9.97 Å². The van der Waals surface area contributed by atoms with E-state index < -0.39 is 0 Å². The first-order chi connectivity index (χ1) is 13.3. The molecule has 1 aromatic carbocycles. The molecule has 0 bridgehead atoms. The van der Waals surface area contributed by atoms with Crippen LogP contribution in [0.15, 0.2) is 61.2 Å². The lowest BCUT2D eigenvalue weighted by molar-refractivity contribution is 0.0949. The summed E-state index contributed by atoms with van der Waals surface area (Å²) in [5, 5.41) is 6.04. The highest BCUT2D eigenvalue weighted by atomic mass is 16.5. The van der Waals surface area contributed by atoms with Gasteiger partial charge in [-0.1, -0.05) is 24.3 Å². The number of methoxy groups -OCH3 is 1. The number of anilines is 1. The van der Waals surface area contributed by atoms with Crippen LogP contribution in [-0.4, -0.2) is 34.5 Å². The predicted molar refractivity (Wildman–Crippen MR) is 103 cm³/mol. The van der Waals surface area contributed by atoms with Gasteiger partial charge >= 0.3 is 0 Å². The van der Waals surface area contributed by atoms with E-state index >= 15 is 0 Å². The Bertz CT molecular complexity index is 886. The highest BCUT2D eigenvalue weighted by molar-refractivity contribution is 5.92. The lowest BCUT2D eigenvalue weighted by atomic mass is 10.1. The van der Waals surface area contributed by atoms with Gasteiger partial charge in [0.15, 0.2) is 0 Å². The summed E-state index contributed by atoms with van der Waals surface area (Å²) < 4.78 is 5.32. The third kappa shape index (κ3) is 5.24. The lowest BCUT2D eigenvalue weighted by Crippen LogP contribution is -2.26. The van der Waals surface area contributed by atoms with Crippen LogP contribution >= 0.6 is 0 Å². The van der Waals surface area contributed by atoms with Gasteiger partial charge in [-0.2, -0.15) is 0 Å². The second-order valence-corrected chi connectivity index (χ2v) is 5.82. The fraction of sp³-hybridized carbons (Fsp3) is 0.200. The van der Waals surface area contributed by atoms with Crippen LogP contribution in [0.3, 0.4) is 0 Å².